The van der Waals surface area contributed by atoms with Crippen LogP contribution in [0.15, 0.2) is 24.3 Å². The van der Waals surface area contributed by atoms with Gasteiger partial charge in [-0.1, -0.05) is 29.8 Å². The maximum atomic E-state index is 6.10. The molecule has 14 heavy (non-hydrogen) atoms. The summed E-state index contributed by atoms with van der Waals surface area (Å²) in [6, 6.07) is 8.69. The number of nitrogens with two attached hydrogens (primary N) is 1. The van der Waals surface area contributed by atoms with Gasteiger partial charge in [-0.25, -0.2) is 0 Å². The topological polar surface area (TPSA) is 38.0 Å². The summed E-state index contributed by atoms with van der Waals surface area (Å²) in [6.07, 6.45) is 0. The van der Waals surface area contributed by atoms with E-state index in [0.29, 0.717) is 0 Å². The molecule has 0 aliphatic rings. The summed E-state index contributed by atoms with van der Waals surface area (Å²) in [7, 11) is 1.94. The Balaban J connectivity index is 2.96. The zero-order valence-corrected chi connectivity index (χ0v) is 9.46. The van der Waals surface area contributed by atoms with Crippen molar-refractivity contribution in [2.45, 2.75) is 32.4 Å². The van der Waals surface area contributed by atoms with Crippen LogP contribution >= 0.6 is 0 Å². The Bertz CT molecular complexity index is 282. The Morgan fingerprint density at radius 1 is 1.21 bits per heavy atom. The Morgan fingerprint density at radius 3 is 2.07 bits per heavy atom. The average Bonchev–Trinajstić information content (AvgIpc) is 2.07. The van der Waals surface area contributed by atoms with Crippen molar-refractivity contribution < 1.29 is 0 Å². The van der Waals surface area contributed by atoms with Gasteiger partial charge < -0.3 is 11.1 Å². The molecule has 1 atom stereocenters. The monoisotopic (exact) mass is 192 g/mol. The molecule has 1 rings (SSSR count). The van der Waals surface area contributed by atoms with Crippen molar-refractivity contribution in [1.82, 2.24) is 5.32 Å². The van der Waals surface area contributed by atoms with Crippen LogP contribution in [0, 0.1) is 6.92 Å². The van der Waals surface area contributed by atoms with Gasteiger partial charge in [-0.15, -0.1) is 0 Å². The molecule has 0 amide bonds. The summed E-state index contributed by atoms with van der Waals surface area (Å²) in [5.41, 5.74) is 8.37. The smallest absolute Gasteiger partial charge is 0.0495 e. The lowest BCUT2D eigenvalue weighted by Gasteiger charge is -2.30. The van der Waals surface area contributed by atoms with Crippen molar-refractivity contribution in [3.05, 3.63) is 35.4 Å². The zero-order valence-electron chi connectivity index (χ0n) is 9.46. The molecule has 0 heterocycles. The highest BCUT2D eigenvalue weighted by atomic mass is 14.9. The van der Waals surface area contributed by atoms with E-state index >= 15 is 0 Å². The highest BCUT2D eigenvalue weighted by Gasteiger charge is 2.24. The summed E-state index contributed by atoms with van der Waals surface area (Å²) in [5, 5.41) is 3.25. The number of nitrogens with one attached hydrogen (secondary N) is 1. The number of benzene rings is 1. The summed E-state index contributed by atoms with van der Waals surface area (Å²) >= 11 is 0. The number of aryl methyl sites for hydroxylation is 1. The first-order valence-corrected chi connectivity index (χ1v) is 4.98. The summed E-state index contributed by atoms with van der Waals surface area (Å²) in [5.74, 6) is 0. The molecule has 0 aromatic heterocycles. The number of rotatable bonds is 3. The second-order valence-corrected chi connectivity index (χ2v) is 4.45. The molecule has 1 unspecified atom stereocenters. The first-order valence-electron chi connectivity index (χ1n) is 4.98. The third-order valence-corrected chi connectivity index (χ3v) is 2.44. The van der Waals surface area contributed by atoms with Crippen molar-refractivity contribution in [3.63, 3.8) is 0 Å². The van der Waals surface area contributed by atoms with Crippen LogP contribution in [0.2, 0.25) is 0 Å². The summed E-state index contributed by atoms with van der Waals surface area (Å²) in [6.45, 7) is 6.16. The summed E-state index contributed by atoms with van der Waals surface area (Å²) in [4.78, 5) is 0. The third kappa shape index (κ3) is 2.56. The predicted molar refractivity (Wildman–Crippen MR) is 61.2 cm³/mol. The number of hydrogen-bond donors (Lipinski definition) is 2. The van der Waals surface area contributed by atoms with E-state index in [9.17, 15) is 0 Å². The fourth-order valence-electron chi connectivity index (χ4n) is 1.73. The van der Waals surface area contributed by atoms with Crippen molar-refractivity contribution in [3.8, 4) is 0 Å². The highest BCUT2D eigenvalue weighted by molar-refractivity contribution is 5.26. The largest absolute Gasteiger partial charge is 0.324 e. The van der Waals surface area contributed by atoms with E-state index in [0.717, 1.165) is 0 Å². The number of likely N-dealkylation sites (N-methyl/N-ethyl adjacent to an activating group) is 1. The quantitative estimate of drug-likeness (QED) is 0.768. The molecule has 0 bridgehead atoms. The second-order valence-electron chi connectivity index (χ2n) is 4.45. The van der Waals surface area contributed by atoms with Crippen LogP contribution in [-0.4, -0.2) is 12.6 Å². The lowest BCUT2D eigenvalue weighted by Crippen LogP contribution is -2.45. The minimum Gasteiger partial charge on any atom is -0.324 e. The van der Waals surface area contributed by atoms with Crippen LogP contribution < -0.4 is 11.1 Å². The minimum absolute atomic E-state index is 0.197. The normalized spacial score (nSPS) is 14.1. The van der Waals surface area contributed by atoms with Crippen LogP contribution in [0.1, 0.15) is 31.0 Å². The lowest BCUT2D eigenvalue weighted by atomic mass is 9.89. The molecule has 2 heteroatoms. The molecule has 2 nitrogen and oxygen atoms in total. The van der Waals surface area contributed by atoms with Crippen LogP contribution in [-0.2, 0) is 0 Å². The van der Waals surface area contributed by atoms with Crippen LogP contribution in [0.3, 0.4) is 0 Å². The molecule has 1 aromatic rings. The van der Waals surface area contributed by atoms with Crippen molar-refractivity contribution in [1.29, 1.82) is 0 Å². The fourth-order valence-corrected chi connectivity index (χ4v) is 1.73. The molecule has 0 fully saturated rings. The van der Waals surface area contributed by atoms with E-state index in [1.54, 1.807) is 0 Å². The maximum Gasteiger partial charge on any atom is 0.0495 e. The lowest BCUT2D eigenvalue weighted by molar-refractivity contribution is 0.370. The van der Waals surface area contributed by atoms with E-state index < -0.39 is 0 Å². The molecule has 0 saturated heterocycles. The Labute approximate surface area is 86.5 Å². The summed E-state index contributed by atoms with van der Waals surface area (Å²) < 4.78 is 0. The van der Waals surface area contributed by atoms with Crippen LogP contribution in [0.25, 0.3) is 0 Å². The van der Waals surface area contributed by atoms with Crippen LogP contribution in [0.4, 0.5) is 0 Å². The first-order chi connectivity index (χ1) is 6.45. The van der Waals surface area contributed by atoms with E-state index in [1.165, 1.54) is 11.1 Å². The van der Waals surface area contributed by atoms with Crippen molar-refractivity contribution >= 4 is 0 Å². The van der Waals surface area contributed by atoms with Crippen molar-refractivity contribution in [2.24, 2.45) is 5.73 Å². The van der Waals surface area contributed by atoms with Crippen molar-refractivity contribution in [2.75, 3.05) is 7.05 Å². The van der Waals surface area contributed by atoms with Gasteiger partial charge in [0.1, 0.15) is 0 Å². The average molecular weight is 192 g/mol. The van der Waals surface area contributed by atoms with Gasteiger partial charge in [0.15, 0.2) is 0 Å². The first kappa shape index (κ1) is 11.2. The van der Waals surface area contributed by atoms with E-state index in [1.807, 2.05) is 20.9 Å². The zero-order chi connectivity index (χ0) is 10.8. The second kappa shape index (κ2) is 4.11. The van der Waals surface area contributed by atoms with Gasteiger partial charge in [0.2, 0.25) is 0 Å². The van der Waals surface area contributed by atoms with E-state index in [2.05, 4.69) is 36.5 Å². The molecule has 0 saturated carbocycles. The SMILES string of the molecule is CNC(c1ccc(C)cc1)C(C)(C)N. The molecule has 78 valence electrons. The van der Waals surface area contributed by atoms with E-state index in [4.69, 9.17) is 5.73 Å². The van der Waals surface area contributed by atoms with Gasteiger partial charge in [0.25, 0.3) is 0 Å². The molecule has 1 aromatic carbocycles. The maximum absolute atomic E-state index is 6.10. The molecule has 0 aliphatic heterocycles. The molecular formula is C12H20N2. The van der Waals surface area contributed by atoms with Gasteiger partial charge in [0, 0.05) is 11.6 Å². The highest BCUT2D eigenvalue weighted by Crippen LogP contribution is 2.23. The predicted octanol–water partition coefficient (Wildman–Crippen LogP) is 1.99. The minimum atomic E-state index is -0.246. The Morgan fingerprint density at radius 2 is 1.71 bits per heavy atom. The third-order valence-electron chi connectivity index (χ3n) is 2.44. The Kier molecular flexibility index (Phi) is 3.29. The molecule has 0 spiro atoms. The molecule has 0 radical (unpaired) electrons. The van der Waals surface area contributed by atoms with Gasteiger partial charge >= 0.3 is 0 Å². The van der Waals surface area contributed by atoms with Crippen LogP contribution in [0.5, 0.6) is 0 Å². The Hall–Kier alpha value is -0.860. The standard InChI is InChI=1S/C12H20N2/c1-9-5-7-10(8-6-9)11(14-4)12(2,3)13/h5-8,11,14H,13H2,1-4H3. The molecular weight excluding hydrogens is 172 g/mol. The van der Waals surface area contributed by atoms with Gasteiger partial charge in [-0.3, -0.25) is 0 Å². The van der Waals surface area contributed by atoms with Gasteiger partial charge in [-0.05, 0) is 33.4 Å². The van der Waals surface area contributed by atoms with E-state index in [-0.39, 0.29) is 11.6 Å². The molecule has 0 aliphatic carbocycles. The number of hydrogen-bond acceptors (Lipinski definition) is 2. The molecule has 3 N–H and O–H groups in total. The fraction of sp³-hybridized carbons (Fsp3) is 0.500. The van der Waals surface area contributed by atoms with Gasteiger partial charge in [-0.2, -0.15) is 0 Å². The van der Waals surface area contributed by atoms with Gasteiger partial charge in [0.05, 0.1) is 0 Å².